The largest absolute Gasteiger partial charge is 0.481 e. The van der Waals surface area contributed by atoms with E-state index in [2.05, 4.69) is 19.9 Å². The lowest BCUT2D eigenvalue weighted by atomic mass is 9.60. The van der Waals surface area contributed by atoms with Crippen LogP contribution in [0, 0.1) is 29.1 Å². The molecule has 1 saturated carbocycles. The Morgan fingerprint density at radius 2 is 2.04 bits per heavy atom. The third-order valence-corrected chi connectivity index (χ3v) is 6.94. The van der Waals surface area contributed by atoms with E-state index in [9.17, 15) is 9.90 Å². The van der Waals surface area contributed by atoms with Crippen LogP contribution in [0.15, 0.2) is 11.6 Å². The van der Waals surface area contributed by atoms with Crippen molar-refractivity contribution in [3.05, 3.63) is 11.6 Å². The van der Waals surface area contributed by atoms with E-state index in [0.717, 1.165) is 37.7 Å². The standard InChI is InChI=1S/C20H34O3/c1-13(6-5-7-15(3)19(22)23)17-9-8-16(4)20(17)11-10-14(2)18(21)12-20/h10,13,15-18,21H,5-9,11-12H2,1-4H3,(H,22,23)/t13-,15+,16+,17-,18+,20+/m1/s1. The maximum atomic E-state index is 10.9. The van der Waals surface area contributed by atoms with Crippen molar-refractivity contribution < 1.29 is 15.0 Å². The average molecular weight is 322 g/mol. The summed E-state index contributed by atoms with van der Waals surface area (Å²) >= 11 is 0. The van der Waals surface area contributed by atoms with Gasteiger partial charge in [-0.05, 0) is 67.8 Å². The van der Waals surface area contributed by atoms with Crippen LogP contribution in [0.5, 0.6) is 0 Å². The van der Waals surface area contributed by atoms with Crippen LogP contribution < -0.4 is 0 Å². The average Bonchev–Trinajstić information content (AvgIpc) is 2.80. The van der Waals surface area contributed by atoms with Crippen molar-refractivity contribution in [2.75, 3.05) is 0 Å². The summed E-state index contributed by atoms with van der Waals surface area (Å²) in [7, 11) is 0. The molecule has 3 nitrogen and oxygen atoms in total. The topological polar surface area (TPSA) is 57.5 Å². The van der Waals surface area contributed by atoms with Gasteiger partial charge in [-0.2, -0.15) is 0 Å². The van der Waals surface area contributed by atoms with Gasteiger partial charge in [-0.15, -0.1) is 0 Å². The van der Waals surface area contributed by atoms with E-state index in [4.69, 9.17) is 5.11 Å². The lowest BCUT2D eigenvalue weighted by molar-refractivity contribution is -0.141. The van der Waals surface area contributed by atoms with E-state index in [0.29, 0.717) is 17.8 Å². The van der Waals surface area contributed by atoms with Crippen molar-refractivity contribution in [1.82, 2.24) is 0 Å². The smallest absolute Gasteiger partial charge is 0.306 e. The highest BCUT2D eigenvalue weighted by Crippen LogP contribution is 2.58. The Bertz CT molecular complexity index is 456. The first-order chi connectivity index (χ1) is 10.8. The van der Waals surface area contributed by atoms with Gasteiger partial charge in [0, 0.05) is 0 Å². The molecule has 0 unspecified atom stereocenters. The third-order valence-electron chi connectivity index (χ3n) is 6.94. The van der Waals surface area contributed by atoms with Crippen molar-refractivity contribution in [3.8, 4) is 0 Å². The molecule has 0 bridgehead atoms. The second-order valence-electron chi connectivity index (χ2n) is 8.34. The maximum Gasteiger partial charge on any atom is 0.306 e. The van der Waals surface area contributed by atoms with Crippen LogP contribution in [0.1, 0.15) is 72.6 Å². The Morgan fingerprint density at radius 1 is 1.35 bits per heavy atom. The van der Waals surface area contributed by atoms with Crippen LogP contribution in [-0.2, 0) is 4.79 Å². The predicted octanol–water partition coefficient (Wildman–Crippen LogP) is 4.65. The summed E-state index contributed by atoms with van der Waals surface area (Å²) in [6.45, 7) is 8.55. The molecule has 2 N–H and O–H groups in total. The van der Waals surface area contributed by atoms with Gasteiger partial charge in [-0.3, -0.25) is 4.79 Å². The molecule has 23 heavy (non-hydrogen) atoms. The van der Waals surface area contributed by atoms with Gasteiger partial charge in [0.25, 0.3) is 0 Å². The zero-order valence-electron chi connectivity index (χ0n) is 15.2. The van der Waals surface area contributed by atoms with Crippen molar-refractivity contribution in [2.24, 2.45) is 29.1 Å². The van der Waals surface area contributed by atoms with Crippen molar-refractivity contribution >= 4 is 5.97 Å². The van der Waals surface area contributed by atoms with Crippen molar-refractivity contribution in [3.63, 3.8) is 0 Å². The molecule has 6 atom stereocenters. The van der Waals surface area contributed by atoms with Gasteiger partial charge < -0.3 is 10.2 Å². The summed E-state index contributed by atoms with van der Waals surface area (Å²) in [4.78, 5) is 10.9. The number of rotatable bonds is 6. The van der Waals surface area contributed by atoms with Crippen LogP contribution in [0.25, 0.3) is 0 Å². The fourth-order valence-corrected chi connectivity index (χ4v) is 5.09. The van der Waals surface area contributed by atoms with Gasteiger partial charge in [-0.1, -0.05) is 39.7 Å². The molecule has 0 radical (unpaired) electrons. The zero-order chi connectivity index (χ0) is 17.2. The number of allylic oxidation sites excluding steroid dienone is 1. The summed E-state index contributed by atoms with van der Waals surface area (Å²) in [6.07, 6.45) is 9.41. The van der Waals surface area contributed by atoms with E-state index >= 15 is 0 Å². The fourth-order valence-electron chi connectivity index (χ4n) is 5.09. The SMILES string of the molecule is CC1=CC[C@@]2(C[C@@H]1O)[C@@H]([C@H](C)CCC[C@H](C)C(=O)O)CC[C@@H]2C. The van der Waals surface area contributed by atoms with Crippen molar-refractivity contribution in [2.45, 2.75) is 78.7 Å². The second kappa shape index (κ2) is 7.38. The third kappa shape index (κ3) is 3.81. The Hall–Kier alpha value is -0.830. The predicted molar refractivity (Wildman–Crippen MR) is 93.1 cm³/mol. The molecule has 0 aliphatic heterocycles. The lowest BCUT2D eigenvalue weighted by Gasteiger charge is -2.45. The molecule has 0 aromatic rings. The molecule has 2 aliphatic carbocycles. The van der Waals surface area contributed by atoms with E-state index < -0.39 is 5.97 Å². The summed E-state index contributed by atoms with van der Waals surface area (Å²) in [5, 5.41) is 19.4. The fraction of sp³-hybridized carbons (Fsp3) is 0.850. The van der Waals surface area contributed by atoms with Gasteiger partial charge in [-0.25, -0.2) is 0 Å². The summed E-state index contributed by atoms with van der Waals surface area (Å²) < 4.78 is 0. The zero-order valence-corrected chi connectivity index (χ0v) is 15.2. The first-order valence-corrected chi connectivity index (χ1v) is 9.35. The van der Waals surface area contributed by atoms with Gasteiger partial charge in [0.2, 0.25) is 0 Å². The van der Waals surface area contributed by atoms with Crippen LogP contribution in [-0.4, -0.2) is 22.3 Å². The first-order valence-electron chi connectivity index (χ1n) is 9.35. The second-order valence-corrected chi connectivity index (χ2v) is 8.34. The molecular formula is C20H34O3. The Balaban J connectivity index is 1.99. The maximum absolute atomic E-state index is 10.9. The first kappa shape index (κ1) is 18.5. The Labute approximate surface area is 141 Å². The molecule has 0 saturated heterocycles. The highest BCUT2D eigenvalue weighted by atomic mass is 16.4. The minimum absolute atomic E-state index is 0.235. The van der Waals surface area contributed by atoms with Crippen LogP contribution in [0.3, 0.4) is 0 Å². The van der Waals surface area contributed by atoms with E-state index in [1.807, 2.05) is 6.92 Å². The van der Waals surface area contributed by atoms with E-state index in [-0.39, 0.29) is 17.4 Å². The van der Waals surface area contributed by atoms with Crippen LogP contribution in [0.4, 0.5) is 0 Å². The van der Waals surface area contributed by atoms with E-state index in [1.165, 1.54) is 12.8 Å². The molecule has 2 aliphatic rings. The highest BCUT2D eigenvalue weighted by molar-refractivity contribution is 5.69. The molecular weight excluding hydrogens is 288 g/mol. The number of carboxylic acids is 1. The minimum Gasteiger partial charge on any atom is -0.481 e. The number of carboxylic acid groups (broad SMARTS) is 1. The molecule has 132 valence electrons. The highest BCUT2D eigenvalue weighted by Gasteiger charge is 2.50. The molecule has 0 heterocycles. The van der Waals surface area contributed by atoms with Gasteiger partial charge in [0.1, 0.15) is 0 Å². The number of carbonyl (C=O) groups is 1. The molecule has 0 amide bonds. The Morgan fingerprint density at radius 3 is 2.65 bits per heavy atom. The molecule has 0 aromatic heterocycles. The quantitative estimate of drug-likeness (QED) is 0.700. The number of aliphatic hydroxyl groups excluding tert-OH is 1. The summed E-state index contributed by atoms with van der Waals surface area (Å²) in [5.41, 5.74) is 1.40. The molecule has 1 spiro atoms. The molecule has 3 heteroatoms. The van der Waals surface area contributed by atoms with Crippen LogP contribution in [0.2, 0.25) is 0 Å². The normalized spacial score (nSPS) is 36.7. The Kier molecular flexibility index (Phi) is 5.94. The van der Waals surface area contributed by atoms with Crippen LogP contribution >= 0.6 is 0 Å². The number of aliphatic carboxylic acids is 1. The monoisotopic (exact) mass is 322 g/mol. The van der Waals surface area contributed by atoms with Crippen molar-refractivity contribution in [1.29, 1.82) is 0 Å². The number of hydrogen-bond donors (Lipinski definition) is 2. The molecule has 1 fully saturated rings. The summed E-state index contributed by atoms with van der Waals surface area (Å²) in [5.74, 6) is 1.03. The van der Waals surface area contributed by atoms with Gasteiger partial charge in [0.05, 0.1) is 12.0 Å². The van der Waals surface area contributed by atoms with E-state index in [1.54, 1.807) is 6.92 Å². The van der Waals surface area contributed by atoms with Gasteiger partial charge >= 0.3 is 5.97 Å². The lowest BCUT2D eigenvalue weighted by Crippen LogP contribution is -2.40. The summed E-state index contributed by atoms with van der Waals surface area (Å²) in [6, 6.07) is 0. The number of aliphatic hydroxyl groups is 1. The molecule has 0 aromatic carbocycles. The molecule has 2 rings (SSSR count). The number of hydrogen-bond acceptors (Lipinski definition) is 2. The van der Waals surface area contributed by atoms with Gasteiger partial charge in [0.15, 0.2) is 0 Å². The minimum atomic E-state index is -0.681.